The molecule has 26 heavy (non-hydrogen) atoms. The van der Waals surface area contributed by atoms with Crippen LogP contribution in [0.1, 0.15) is 36.0 Å². The summed E-state index contributed by atoms with van der Waals surface area (Å²) in [6, 6.07) is 8.12. The Morgan fingerprint density at radius 3 is 2.15 bits per heavy atom. The van der Waals surface area contributed by atoms with Gasteiger partial charge in [0, 0.05) is 43.5 Å². The molecule has 3 heterocycles. The molecule has 0 aliphatic carbocycles. The summed E-state index contributed by atoms with van der Waals surface area (Å²) in [6.07, 6.45) is 6.92. The maximum absolute atomic E-state index is 12.8. The lowest BCUT2D eigenvalue weighted by molar-refractivity contribution is 0.0357. The molecular formula is C19H25N5O2. The second kappa shape index (κ2) is 7.55. The molecule has 1 N–H and O–H groups in total. The second-order valence-electron chi connectivity index (χ2n) is 7.21. The van der Waals surface area contributed by atoms with Crippen molar-refractivity contribution in [2.24, 2.45) is 0 Å². The third kappa shape index (κ3) is 3.64. The summed E-state index contributed by atoms with van der Waals surface area (Å²) in [5, 5.41) is 17.3. The maximum Gasteiger partial charge on any atom is 0.253 e. The van der Waals surface area contributed by atoms with Gasteiger partial charge < -0.3 is 14.9 Å². The summed E-state index contributed by atoms with van der Waals surface area (Å²) in [6.45, 7) is 3.56. The lowest BCUT2D eigenvalue weighted by Crippen LogP contribution is -2.49. The molecule has 2 fully saturated rings. The van der Waals surface area contributed by atoms with Crippen LogP contribution in [0.3, 0.4) is 0 Å². The van der Waals surface area contributed by atoms with Gasteiger partial charge >= 0.3 is 0 Å². The second-order valence-corrected chi connectivity index (χ2v) is 7.21. The van der Waals surface area contributed by atoms with E-state index in [9.17, 15) is 9.90 Å². The number of piperidine rings is 2. The van der Waals surface area contributed by atoms with Crippen molar-refractivity contribution >= 4 is 5.91 Å². The van der Waals surface area contributed by atoms with Crippen molar-refractivity contribution in [3.63, 3.8) is 0 Å². The van der Waals surface area contributed by atoms with Crippen LogP contribution in [0.4, 0.5) is 0 Å². The molecule has 138 valence electrons. The fraction of sp³-hybridized carbons (Fsp3) is 0.526. The van der Waals surface area contributed by atoms with E-state index in [-0.39, 0.29) is 12.0 Å². The van der Waals surface area contributed by atoms with Crippen molar-refractivity contribution < 1.29 is 9.90 Å². The van der Waals surface area contributed by atoms with Gasteiger partial charge in [-0.3, -0.25) is 9.36 Å². The predicted octanol–water partition coefficient (Wildman–Crippen LogP) is 1.33. The number of hydrogen-bond acceptors (Lipinski definition) is 5. The molecule has 4 rings (SSSR count). The van der Waals surface area contributed by atoms with E-state index in [0.717, 1.165) is 63.1 Å². The van der Waals surface area contributed by atoms with E-state index in [4.69, 9.17) is 0 Å². The minimum atomic E-state index is -0.131. The molecule has 2 aromatic rings. The highest BCUT2D eigenvalue weighted by Crippen LogP contribution is 2.22. The first-order valence-corrected chi connectivity index (χ1v) is 9.37. The number of nitrogens with zero attached hydrogens (tertiary/aromatic N) is 5. The molecule has 0 saturated carbocycles. The van der Waals surface area contributed by atoms with Crippen LogP contribution in [0.25, 0.3) is 5.69 Å². The van der Waals surface area contributed by atoms with E-state index in [2.05, 4.69) is 15.1 Å². The predicted molar refractivity (Wildman–Crippen MR) is 97.1 cm³/mol. The Morgan fingerprint density at radius 2 is 1.54 bits per heavy atom. The van der Waals surface area contributed by atoms with E-state index in [0.29, 0.717) is 6.04 Å². The molecule has 1 amide bonds. The molecule has 0 radical (unpaired) electrons. The summed E-state index contributed by atoms with van der Waals surface area (Å²) in [7, 11) is 0. The molecule has 0 atom stereocenters. The van der Waals surface area contributed by atoms with E-state index in [1.54, 1.807) is 12.7 Å². The van der Waals surface area contributed by atoms with Gasteiger partial charge in [-0.25, -0.2) is 0 Å². The third-order valence-electron chi connectivity index (χ3n) is 5.60. The number of aliphatic hydroxyl groups is 1. The normalized spacial score (nSPS) is 20.4. The summed E-state index contributed by atoms with van der Waals surface area (Å²) >= 11 is 0. The van der Waals surface area contributed by atoms with Gasteiger partial charge in [0.2, 0.25) is 0 Å². The Hall–Kier alpha value is -2.25. The fourth-order valence-electron chi connectivity index (χ4n) is 3.98. The van der Waals surface area contributed by atoms with Crippen molar-refractivity contribution in [1.29, 1.82) is 0 Å². The smallest absolute Gasteiger partial charge is 0.253 e. The molecule has 0 spiro atoms. The average Bonchev–Trinajstić information content (AvgIpc) is 3.23. The number of carbonyl (C=O) groups excluding carboxylic acids is 1. The number of aliphatic hydroxyl groups excluding tert-OH is 1. The molecular weight excluding hydrogens is 330 g/mol. The molecule has 2 aliphatic heterocycles. The fourth-order valence-corrected chi connectivity index (χ4v) is 3.98. The van der Waals surface area contributed by atoms with Crippen LogP contribution in [0.15, 0.2) is 36.9 Å². The quantitative estimate of drug-likeness (QED) is 0.899. The number of hydrogen-bond donors (Lipinski definition) is 1. The van der Waals surface area contributed by atoms with Gasteiger partial charge in [-0.15, -0.1) is 10.2 Å². The zero-order chi connectivity index (χ0) is 17.9. The van der Waals surface area contributed by atoms with E-state index in [1.165, 1.54) is 0 Å². The van der Waals surface area contributed by atoms with Crippen LogP contribution in [-0.4, -0.2) is 73.9 Å². The number of amides is 1. The highest BCUT2D eigenvalue weighted by molar-refractivity contribution is 5.94. The Kier molecular flexibility index (Phi) is 4.99. The highest BCUT2D eigenvalue weighted by atomic mass is 16.3. The van der Waals surface area contributed by atoms with Crippen LogP contribution in [0, 0.1) is 0 Å². The minimum absolute atomic E-state index is 0.104. The van der Waals surface area contributed by atoms with Gasteiger partial charge in [0.25, 0.3) is 5.91 Å². The largest absolute Gasteiger partial charge is 0.393 e. The van der Waals surface area contributed by atoms with Gasteiger partial charge in [0.05, 0.1) is 6.10 Å². The van der Waals surface area contributed by atoms with Crippen molar-refractivity contribution in [3.8, 4) is 5.69 Å². The lowest BCUT2D eigenvalue weighted by atomic mass is 9.98. The van der Waals surface area contributed by atoms with Crippen molar-refractivity contribution in [1.82, 2.24) is 24.6 Å². The Bertz CT molecular complexity index is 715. The first-order chi connectivity index (χ1) is 12.7. The van der Waals surface area contributed by atoms with Crippen LogP contribution in [0.5, 0.6) is 0 Å². The third-order valence-corrected chi connectivity index (χ3v) is 5.60. The van der Waals surface area contributed by atoms with E-state index >= 15 is 0 Å². The molecule has 2 saturated heterocycles. The number of aromatic nitrogens is 3. The van der Waals surface area contributed by atoms with E-state index < -0.39 is 0 Å². The van der Waals surface area contributed by atoms with Crippen LogP contribution in [0.2, 0.25) is 0 Å². The zero-order valence-electron chi connectivity index (χ0n) is 14.9. The van der Waals surface area contributed by atoms with Gasteiger partial charge in [0.15, 0.2) is 0 Å². The minimum Gasteiger partial charge on any atom is -0.393 e. The Balaban J connectivity index is 1.33. The highest BCUT2D eigenvalue weighted by Gasteiger charge is 2.29. The van der Waals surface area contributed by atoms with Crippen LogP contribution >= 0.6 is 0 Å². The van der Waals surface area contributed by atoms with E-state index in [1.807, 2.05) is 33.7 Å². The average molecular weight is 355 g/mol. The molecule has 0 unspecified atom stereocenters. The standard InChI is InChI=1S/C19H25N5O2/c25-18-7-11-22(12-8-18)17-5-9-23(10-6-17)19(26)15-1-3-16(4-2-15)24-13-20-21-14-24/h1-4,13-14,17-18,25H,5-12H2. The van der Waals surface area contributed by atoms with Gasteiger partial charge in [-0.05, 0) is 49.9 Å². The molecule has 7 nitrogen and oxygen atoms in total. The SMILES string of the molecule is O=C(c1ccc(-n2cnnc2)cc1)N1CCC(N2CCC(O)CC2)CC1. The van der Waals surface area contributed by atoms with Gasteiger partial charge in [-0.1, -0.05) is 0 Å². The number of benzene rings is 1. The van der Waals surface area contributed by atoms with Crippen LogP contribution < -0.4 is 0 Å². The summed E-state index contributed by atoms with van der Waals surface area (Å²) in [4.78, 5) is 17.2. The summed E-state index contributed by atoms with van der Waals surface area (Å²) in [5.41, 5.74) is 1.67. The van der Waals surface area contributed by atoms with Crippen molar-refractivity contribution in [2.45, 2.75) is 37.8 Å². The van der Waals surface area contributed by atoms with Gasteiger partial charge in [-0.2, -0.15) is 0 Å². The molecule has 0 bridgehead atoms. The first kappa shape index (κ1) is 17.2. The zero-order valence-corrected chi connectivity index (χ0v) is 14.9. The maximum atomic E-state index is 12.8. The molecule has 7 heteroatoms. The lowest BCUT2D eigenvalue weighted by Gasteiger charge is -2.41. The van der Waals surface area contributed by atoms with Crippen LogP contribution in [-0.2, 0) is 0 Å². The first-order valence-electron chi connectivity index (χ1n) is 9.37. The Morgan fingerprint density at radius 1 is 0.923 bits per heavy atom. The van der Waals surface area contributed by atoms with Crippen molar-refractivity contribution in [3.05, 3.63) is 42.5 Å². The summed E-state index contributed by atoms with van der Waals surface area (Å²) < 4.78 is 1.81. The number of carbonyl (C=O) groups is 1. The molecule has 2 aliphatic rings. The van der Waals surface area contributed by atoms with Gasteiger partial charge in [0.1, 0.15) is 12.7 Å². The monoisotopic (exact) mass is 355 g/mol. The number of likely N-dealkylation sites (tertiary alicyclic amines) is 2. The molecule has 1 aromatic carbocycles. The number of rotatable bonds is 3. The van der Waals surface area contributed by atoms with Crippen molar-refractivity contribution in [2.75, 3.05) is 26.2 Å². The molecule has 1 aromatic heterocycles. The topological polar surface area (TPSA) is 74.5 Å². The Labute approximate surface area is 153 Å². The summed E-state index contributed by atoms with van der Waals surface area (Å²) in [5.74, 6) is 0.104.